The quantitative estimate of drug-likeness (QED) is 0.386. The minimum absolute atomic E-state index is 0.360. The van der Waals surface area contributed by atoms with E-state index in [2.05, 4.69) is 10.1 Å². The highest BCUT2D eigenvalue weighted by Crippen LogP contribution is 2.09. The van der Waals surface area contributed by atoms with Crippen molar-refractivity contribution in [3.05, 3.63) is 0 Å². The highest BCUT2D eigenvalue weighted by Gasteiger charge is 2.38. The van der Waals surface area contributed by atoms with Crippen LogP contribution in [0, 0.1) is 5.92 Å². The summed E-state index contributed by atoms with van der Waals surface area (Å²) in [7, 11) is 0. The Labute approximate surface area is 90.8 Å². The summed E-state index contributed by atoms with van der Waals surface area (Å²) in [6, 6.07) is -0.823. The monoisotopic (exact) mass is 229 g/mol. The van der Waals surface area contributed by atoms with E-state index in [1.807, 2.05) is 12.2 Å². The Morgan fingerprint density at radius 2 is 2.44 bits per heavy atom. The van der Waals surface area contributed by atoms with Crippen LogP contribution in [-0.2, 0) is 14.5 Å². The van der Waals surface area contributed by atoms with Crippen molar-refractivity contribution >= 4 is 24.1 Å². The average Bonchev–Trinajstić information content (AvgIpc) is 2.21. The van der Waals surface area contributed by atoms with Gasteiger partial charge in [0.25, 0.3) is 0 Å². The van der Waals surface area contributed by atoms with Crippen LogP contribution in [0.25, 0.3) is 0 Å². The number of oxime groups is 1. The molecule has 88 valence electrons. The molecule has 1 aliphatic rings. The Morgan fingerprint density at radius 1 is 1.75 bits per heavy atom. The molecule has 0 aliphatic carbocycles. The molecule has 1 heterocycles. The second-order valence-electron chi connectivity index (χ2n) is 3.02. The number of hydrogen-bond acceptors (Lipinski definition) is 5. The van der Waals surface area contributed by atoms with Crippen molar-refractivity contribution in [1.82, 2.24) is 10.4 Å². The van der Waals surface area contributed by atoms with Crippen LogP contribution in [0.4, 0.5) is 4.79 Å². The Bertz CT molecular complexity index is 341. The van der Waals surface area contributed by atoms with E-state index in [1.54, 1.807) is 0 Å². The number of hydrogen-bond donors (Lipinski definition) is 2. The zero-order valence-corrected chi connectivity index (χ0v) is 8.54. The fraction of sp³-hybridized carbons (Fsp3) is 0.500. The Kier molecular flexibility index (Phi) is 3.81. The number of carboxylic acids is 1. The van der Waals surface area contributed by atoms with Crippen molar-refractivity contribution in [2.45, 2.75) is 13.3 Å². The van der Waals surface area contributed by atoms with Crippen molar-refractivity contribution in [2.24, 2.45) is 11.1 Å². The van der Waals surface area contributed by atoms with E-state index in [4.69, 9.17) is 5.11 Å². The van der Waals surface area contributed by atoms with Crippen molar-refractivity contribution in [3.63, 3.8) is 0 Å². The van der Waals surface area contributed by atoms with Crippen LogP contribution in [0.2, 0.25) is 0 Å². The molecule has 8 nitrogen and oxygen atoms in total. The van der Waals surface area contributed by atoms with Crippen molar-refractivity contribution in [1.29, 1.82) is 0 Å². The van der Waals surface area contributed by atoms with Gasteiger partial charge in [0, 0.05) is 6.21 Å². The molecule has 0 spiro atoms. The summed E-state index contributed by atoms with van der Waals surface area (Å²) in [5, 5.41) is 14.7. The van der Waals surface area contributed by atoms with Gasteiger partial charge in [0.05, 0.1) is 6.54 Å². The summed E-state index contributed by atoms with van der Waals surface area (Å²) in [6.45, 7) is 1.45. The van der Waals surface area contributed by atoms with Gasteiger partial charge in [0.1, 0.15) is 0 Å². The van der Waals surface area contributed by atoms with Gasteiger partial charge < -0.3 is 5.11 Å². The molecule has 1 aliphatic heterocycles. The molecule has 16 heavy (non-hydrogen) atoms. The lowest BCUT2D eigenvalue weighted by atomic mass is 10.1. The van der Waals surface area contributed by atoms with Crippen LogP contribution in [0.5, 0.6) is 0 Å². The summed E-state index contributed by atoms with van der Waals surface area (Å²) in [6.07, 6.45) is 2.01. The lowest BCUT2D eigenvalue weighted by Gasteiger charge is -2.26. The molecule has 1 atom stereocenters. The molecule has 0 aromatic rings. The zero-order valence-electron chi connectivity index (χ0n) is 8.54. The lowest BCUT2D eigenvalue weighted by molar-refractivity contribution is -0.164. The summed E-state index contributed by atoms with van der Waals surface area (Å²) in [5.41, 5.74) is 0. The first kappa shape index (κ1) is 12.0. The topological polar surface area (TPSA) is 108 Å². The molecule has 8 heteroatoms. The summed E-state index contributed by atoms with van der Waals surface area (Å²) in [4.78, 5) is 37.6. The molecule has 0 saturated carbocycles. The van der Waals surface area contributed by atoms with Crippen LogP contribution in [0.3, 0.4) is 0 Å². The fourth-order valence-electron chi connectivity index (χ4n) is 1.01. The second kappa shape index (κ2) is 5.10. The van der Waals surface area contributed by atoms with Gasteiger partial charge in [-0.2, -0.15) is 0 Å². The van der Waals surface area contributed by atoms with E-state index in [-0.39, 0.29) is 6.54 Å². The SMILES string of the molecule is CCC=NON1CC(C(=O)O)C(=O)NC1=O. The first-order chi connectivity index (χ1) is 7.56. The van der Waals surface area contributed by atoms with Crippen molar-refractivity contribution in [3.8, 4) is 0 Å². The fourth-order valence-corrected chi connectivity index (χ4v) is 1.01. The number of amides is 3. The molecule has 1 unspecified atom stereocenters. The molecular formula is C8H11N3O5. The minimum atomic E-state index is -1.34. The smallest absolute Gasteiger partial charge is 0.359 e. The van der Waals surface area contributed by atoms with Crippen LogP contribution in [0.15, 0.2) is 5.16 Å². The molecule has 0 aromatic heterocycles. The average molecular weight is 229 g/mol. The lowest BCUT2D eigenvalue weighted by Crippen LogP contribution is -2.55. The number of carbonyl (C=O) groups excluding carboxylic acids is 2. The highest BCUT2D eigenvalue weighted by atomic mass is 16.8. The standard InChI is InChI=1S/C8H11N3O5/c1-2-3-9-16-11-4-5(7(13)14)6(12)10-8(11)15/h3,5H,2,4H2,1H3,(H,13,14)(H,10,12,15). The molecule has 1 rings (SSSR count). The number of carbonyl (C=O) groups is 3. The van der Waals surface area contributed by atoms with Crippen molar-refractivity contribution < 1.29 is 24.4 Å². The Balaban J connectivity index is 2.64. The first-order valence-corrected chi connectivity index (χ1v) is 4.60. The molecule has 1 fully saturated rings. The predicted molar refractivity (Wildman–Crippen MR) is 51.2 cm³/mol. The third-order valence-electron chi connectivity index (χ3n) is 1.82. The van der Waals surface area contributed by atoms with Gasteiger partial charge in [-0.25, -0.2) is 4.79 Å². The maximum absolute atomic E-state index is 11.2. The van der Waals surface area contributed by atoms with E-state index in [0.717, 1.165) is 0 Å². The van der Waals surface area contributed by atoms with Crippen LogP contribution >= 0.6 is 0 Å². The number of rotatable bonds is 4. The van der Waals surface area contributed by atoms with Gasteiger partial charge in [0.2, 0.25) is 5.91 Å². The van der Waals surface area contributed by atoms with Crippen LogP contribution in [0.1, 0.15) is 13.3 Å². The number of nitrogens with zero attached hydrogens (tertiary/aromatic N) is 2. The normalized spacial score (nSPS) is 21.1. The minimum Gasteiger partial charge on any atom is -0.481 e. The molecule has 2 N–H and O–H groups in total. The maximum Gasteiger partial charge on any atom is 0.359 e. The van der Waals surface area contributed by atoms with Gasteiger partial charge in [0.15, 0.2) is 5.92 Å². The third-order valence-corrected chi connectivity index (χ3v) is 1.82. The molecule has 0 radical (unpaired) electrons. The summed E-state index contributed by atoms with van der Waals surface area (Å²) in [5.74, 6) is -3.51. The Morgan fingerprint density at radius 3 is 3.00 bits per heavy atom. The van der Waals surface area contributed by atoms with E-state index in [0.29, 0.717) is 11.5 Å². The van der Waals surface area contributed by atoms with E-state index in [1.165, 1.54) is 6.21 Å². The molecule has 0 bridgehead atoms. The highest BCUT2D eigenvalue weighted by molar-refractivity contribution is 6.06. The van der Waals surface area contributed by atoms with Crippen LogP contribution < -0.4 is 5.32 Å². The van der Waals surface area contributed by atoms with Crippen molar-refractivity contribution in [2.75, 3.05) is 6.54 Å². The third kappa shape index (κ3) is 2.69. The summed E-state index contributed by atoms with van der Waals surface area (Å²) >= 11 is 0. The second-order valence-corrected chi connectivity index (χ2v) is 3.02. The molecule has 1 saturated heterocycles. The maximum atomic E-state index is 11.2. The van der Waals surface area contributed by atoms with E-state index >= 15 is 0 Å². The number of hydroxylamine groups is 2. The van der Waals surface area contributed by atoms with Crippen LogP contribution in [-0.4, -0.2) is 40.8 Å². The van der Waals surface area contributed by atoms with Gasteiger partial charge in [-0.3, -0.25) is 19.8 Å². The first-order valence-electron chi connectivity index (χ1n) is 4.60. The molecule has 3 amide bonds. The Hall–Kier alpha value is -2.12. The largest absolute Gasteiger partial charge is 0.481 e. The van der Waals surface area contributed by atoms with Gasteiger partial charge >= 0.3 is 12.0 Å². The van der Waals surface area contributed by atoms with Gasteiger partial charge in [-0.15, -0.1) is 5.06 Å². The number of aliphatic carboxylic acids is 1. The number of imide groups is 1. The number of carboxylic acid groups (broad SMARTS) is 1. The van der Waals surface area contributed by atoms with E-state index < -0.39 is 23.8 Å². The van der Waals surface area contributed by atoms with E-state index in [9.17, 15) is 14.4 Å². The number of nitrogens with one attached hydrogen (secondary N) is 1. The van der Waals surface area contributed by atoms with Gasteiger partial charge in [-0.05, 0) is 6.42 Å². The molecule has 0 aromatic carbocycles. The summed E-state index contributed by atoms with van der Waals surface area (Å²) < 4.78 is 0. The molecular weight excluding hydrogens is 218 g/mol. The predicted octanol–water partition coefficient (Wildman–Crippen LogP) is -0.434. The zero-order chi connectivity index (χ0) is 12.1. The number of urea groups is 1. The van der Waals surface area contributed by atoms with Gasteiger partial charge in [-0.1, -0.05) is 12.1 Å².